The van der Waals surface area contributed by atoms with Crippen molar-refractivity contribution < 1.29 is 14.3 Å². The van der Waals surface area contributed by atoms with E-state index in [0.29, 0.717) is 27.5 Å². The molecule has 27 heavy (non-hydrogen) atoms. The first-order chi connectivity index (χ1) is 13.1. The van der Waals surface area contributed by atoms with Crippen LogP contribution in [0.1, 0.15) is 29.8 Å². The minimum absolute atomic E-state index is 0.283. The highest BCUT2D eigenvalue weighted by Crippen LogP contribution is 2.36. The number of nitrogens with one attached hydrogen (secondary N) is 1. The van der Waals surface area contributed by atoms with Crippen LogP contribution in [0.3, 0.4) is 0 Å². The summed E-state index contributed by atoms with van der Waals surface area (Å²) in [5.74, 6) is 0.0739. The predicted octanol–water partition coefficient (Wildman–Crippen LogP) is 5.38. The maximum Gasteiger partial charge on any atom is 0.341 e. The number of hydrogen-bond donors (Lipinski definition) is 1. The molecule has 1 aromatic heterocycles. The first-order valence-electron chi connectivity index (χ1n) is 8.76. The predicted molar refractivity (Wildman–Crippen MR) is 108 cm³/mol. The Balaban J connectivity index is 2.16. The van der Waals surface area contributed by atoms with Gasteiger partial charge in [0.05, 0.1) is 29.9 Å². The van der Waals surface area contributed by atoms with Crippen molar-refractivity contribution in [2.45, 2.75) is 20.3 Å². The maximum atomic E-state index is 12.5. The van der Waals surface area contributed by atoms with E-state index in [1.807, 2.05) is 24.3 Å². The number of benzene rings is 2. The topological polar surface area (TPSA) is 60.5 Å². The Hall–Kier alpha value is -2.79. The van der Waals surface area contributed by atoms with E-state index in [4.69, 9.17) is 21.1 Å². The molecule has 0 unspecified atom stereocenters. The largest absolute Gasteiger partial charge is 0.495 e. The Morgan fingerprint density at radius 1 is 1.19 bits per heavy atom. The van der Waals surface area contributed by atoms with Gasteiger partial charge in [0, 0.05) is 17.3 Å². The molecular weight excluding hydrogens is 364 g/mol. The molecule has 1 N–H and O–H groups in total. The number of carbonyl (C=O) groups excluding carboxylic acids is 1. The van der Waals surface area contributed by atoms with Gasteiger partial charge < -0.3 is 14.8 Å². The third-order valence-corrected chi connectivity index (χ3v) is 4.56. The summed E-state index contributed by atoms with van der Waals surface area (Å²) in [7, 11) is 1.55. The molecule has 0 saturated heterocycles. The van der Waals surface area contributed by atoms with Crippen molar-refractivity contribution in [3.63, 3.8) is 0 Å². The highest BCUT2D eigenvalue weighted by atomic mass is 35.5. The first kappa shape index (κ1) is 19.0. The van der Waals surface area contributed by atoms with Gasteiger partial charge in [0.25, 0.3) is 0 Å². The molecule has 5 nitrogen and oxygen atoms in total. The first-order valence-corrected chi connectivity index (χ1v) is 9.14. The van der Waals surface area contributed by atoms with Crippen molar-refractivity contribution in [1.29, 1.82) is 0 Å². The molecule has 0 radical (unpaired) electrons. The standard InChI is InChI=1S/C21H21ClN2O3/c1-4-13-6-8-14(9-7-13)24-20-15-10-19(26-3)17(22)11-18(15)23-12-16(20)21(25)27-5-2/h6-12H,4-5H2,1-3H3,(H,23,24). The van der Waals surface area contributed by atoms with E-state index >= 15 is 0 Å². The van der Waals surface area contributed by atoms with E-state index in [1.54, 1.807) is 26.2 Å². The number of methoxy groups -OCH3 is 1. The van der Waals surface area contributed by atoms with Crippen LogP contribution in [-0.4, -0.2) is 24.7 Å². The van der Waals surface area contributed by atoms with Crippen LogP contribution in [-0.2, 0) is 11.2 Å². The number of ether oxygens (including phenoxy) is 2. The third-order valence-electron chi connectivity index (χ3n) is 4.27. The summed E-state index contributed by atoms with van der Waals surface area (Å²) in [4.78, 5) is 16.8. The number of rotatable bonds is 6. The molecule has 0 spiro atoms. The summed E-state index contributed by atoms with van der Waals surface area (Å²) in [6, 6.07) is 11.5. The van der Waals surface area contributed by atoms with Crippen molar-refractivity contribution in [1.82, 2.24) is 4.98 Å². The Morgan fingerprint density at radius 3 is 2.56 bits per heavy atom. The van der Waals surface area contributed by atoms with Crippen LogP contribution in [0.5, 0.6) is 5.75 Å². The number of halogens is 1. The quantitative estimate of drug-likeness (QED) is 0.578. The van der Waals surface area contributed by atoms with Gasteiger partial charge in [0.1, 0.15) is 11.3 Å². The molecule has 0 aliphatic carbocycles. The maximum absolute atomic E-state index is 12.5. The second-order valence-corrected chi connectivity index (χ2v) is 6.35. The Bertz CT molecular complexity index is 971. The molecule has 3 aromatic rings. The van der Waals surface area contributed by atoms with Crippen LogP contribution in [0.25, 0.3) is 10.9 Å². The van der Waals surface area contributed by atoms with Crippen LogP contribution in [0.4, 0.5) is 11.4 Å². The molecule has 0 fully saturated rings. The van der Waals surface area contributed by atoms with Crippen LogP contribution < -0.4 is 10.1 Å². The summed E-state index contributed by atoms with van der Waals surface area (Å²) in [5, 5.41) is 4.52. The number of fused-ring (bicyclic) bond motifs is 1. The highest BCUT2D eigenvalue weighted by molar-refractivity contribution is 6.33. The van der Waals surface area contributed by atoms with E-state index in [9.17, 15) is 4.79 Å². The van der Waals surface area contributed by atoms with Crippen molar-refractivity contribution in [2.75, 3.05) is 19.0 Å². The van der Waals surface area contributed by atoms with Crippen LogP contribution in [0.15, 0.2) is 42.6 Å². The molecule has 0 bridgehead atoms. The zero-order chi connectivity index (χ0) is 19.4. The summed E-state index contributed by atoms with van der Waals surface area (Å²) < 4.78 is 10.5. The minimum Gasteiger partial charge on any atom is -0.495 e. The van der Waals surface area contributed by atoms with E-state index in [-0.39, 0.29) is 6.61 Å². The summed E-state index contributed by atoms with van der Waals surface area (Å²) in [6.07, 6.45) is 2.47. The molecule has 1 heterocycles. The molecule has 2 aromatic carbocycles. The fraction of sp³-hybridized carbons (Fsp3) is 0.238. The number of carbonyl (C=O) groups is 1. The molecule has 3 rings (SSSR count). The fourth-order valence-electron chi connectivity index (χ4n) is 2.82. The summed E-state index contributed by atoms with van der Waals surface area (Å²) in [5.41, 5.74) is 3.71. The summed E-state index contributed by atoms with van der Waals surface area (Å²) in [6.45, 7) is 4.16. The lowest BCUT2D eigenvalue weighted by Crippen LogP contribution is -2.09. The van der Waals surface area contributed by atoms with Gasteiger partial charge in [0.2, 0.25) is 0 Å². The van der Waals surface area contributed by atoms with Crippen LogP contribution in [0.2, 0.25) is 5.02 Å². The molecular formula is C21H21ClN2O3. The number of hydrogen-bond acceptors (Lipinski definition) is 5. The third kappa shape index (κ3) is 3.98. The normalized spacial score (nSPS) is 10.7. The van der Waals surface area contributed by atoms with Gasteiger partial charge in [-0.2, -0.15) is 0 Å². The number of aryl methyl sites for hydroxylation is 1. The van der Waals surface area contributed by atoms with Crippen molar-refractivity contribution in [2.24, 2.45) is 0 Å². The van der Waals surface area contributed by atoms with Gasteiger partial charge in [-0.05, 0) is 43.2 Å². The lowest BCUT2D eigenvalue weighted by atomic mass is 10.1. The lowest BCUT2D eigenvalue weighted by Gasteiger charge is -2.15. The Kier molecular flexibility index (Phi) is 5.81. The Labute approximate surface area is 163 Å². The van der Waals surface area contributed by atoms with E-state index in [2.05, 4.69) is 17.2 Å². The molecule has 140 valence electrons. The number of nitrogens with zero attached hydrogens (tertiary/aromatic N) is 1. The molecule has 6 heteroatoms. The van der Waals surface area contributed by atoms with Gasteiger partial charge in [-0.25, -0.2) is 4.79 Å². The van der Waals surface area contributed by atoms with Gasteiger partial charge >= 0.3 is 5.97 Å². The smallest absolute Gasteiger partial charge is 0.341 e. The molecule has 0 atom stereocenters. The minimum atomic E-state index is -0.437. The molecule has 0 amide bonds. The highest BCUT2D eigenvalue weighted by Gasteiger charge is 2.18. The van der Waals surface area contributed by atoms with E-state index in [1.165, 1.54) is 11.8 Å². The second kappa shape index (κ2) is 8.27. The van der Waals surface area contributed by atoms with Crippen LogP contribution >= 0.6 is 11.6 Å². The Morgan fingerprint density at radius 2 is 1.93 bits per heavy atom. The van der Waals surface area contributed by atoms with Gasteiger partial charge in [-0.15, -0.1) is 0 Å². The average molecular weight is 385 g/mol. The number of pyridine rings is 1. The number of esters is 1. The van der Waals surface area contributed by atoms with E-state index in [0.717, 1.165) is 17.5 Å². The molecule has 0 aliphatic heterocycles. The zero-order valence-electron chi connectivity index (χ0n) is 15.5. The van der Waals surface area contributed by atoms with Crippen molar-refractivity contribution in [3.8, 4) is 5.75 Å². The van der Waals surface area contributed by atoms with Crippen LogP contribution in [0, 0.1) is 0 Å². The second-order valence-electron chi connectivity index (χ2n) is 5.95. The van der Waals surface area contributed by atoms with Gasteiger partial charge in [0.15, 0.2) is 0 Å². The van der Waals surface area contributed by atoms with E-state index < -0.39 is 5.97 Å². The van der Waals surface area contributed by atoms with Crippen molar-refractivity contribution in [3.05, 3.63) is 58.7 Å². The summed E-state index contributed by atoms with van der Waals surface area (Å²) >= 11 is 6.22. The van der Waals surface area contributed by atoms with Gasteiger partial charge in [-0.3, -0.25) is 4.98 Å². The monoisotopic (exact) mass is 384 g/mol. The fourth-order valence-corrected chi connectivity index (χ4v) is 3.05. The van der Waals surface area contributed by atoms with Crippen molar-refractivity contribution >= 4 is 39.8 Å². The number of aromatic nitrogens is 1. The average Bonchev–Trinajstić information content (AvgIpc) is 2.68. The zero-order valence-corrected chi connectivity index (χ0v) is 16.3. The SMILES string of the molecule is CCOC(=O)c1cnc2cc(Cl)c(OC)cc2c1Nc1ccc(CC)cc1. The molecule has 0 saturated carbocycles. The number of anilines is 2. The van der Waals surface area contributed by atoms with Gasteiger partial charge in [-0.1, -0.05) is 30.7 Å². The lowest BCUT2D eigenvalue weighted by molar-refractivity contribution is 0.0527. The molecule has 0 aliphatic rings.